The molecule has 1 rings (SSSR count). The molecule has 1 N–H and O–H groups in total. The largest absolute Gasteiger partial charge is 0.351 e. The van der Waals surface area contributed by atoms with Gasteiger partial charge in [-0.05, 0) is 24.3 Å². The molecule has 0 aliphatic heterocycles. The molecule has 0 spiro atoms. The van der Waals surface area contributed by atoms with Crippen molar-refractivity contribution in [2.75, 3.05) is 18.1 Å². The van der Waals surface area contributed by atoms with Gasteiger partial charge < -0.3 is 5.32 Å². The predicted octanol–water partition coefficient (Wildman–Crippen LogP) is 0.779. The molecule has 0 aliphatic rings. The highest BCUT2D eigenvalue weighted by Crippen LogP contribution is 2.15. The summed E-state index contributed by atoms with van der Waals surface area (Å²) in [6.07, 6.45) is 0. The molecule has 0 saturated heterocycles. The van der Waals surface area contributed by atoms with Crippen molar-refractivity contribution < 1.29 is 21.6 Å². The first-order valence-electron chi connectivity index (χ1n) is 5.69. The average molecular weight is 340 g/mol. The number of hydrogen-bond acceptors (Lipinski definition) is 5. The highest BCUT2D eigenvalue weighted by Gasteiger charge is 2.12. The van der Waals surface area contributed by atoms with Gasteiger partial charge in [0.2, 0.25) is 0 Å². The molecular weight excluding hydrogens is 326 g/mol. The monoisotopic (exact) mass is 339 g/mol. The van der Waals surface area contributed by atoms with Crippen molar-refractivity contribution in [2.45, 2.75) is 11.8 Å². The molecule has 0 unspecified atom stereocenters. The van der Waals surface area contributed by atoms with Crippen molar-refractivity contribution in [1.82, 2.24) is 5.32 Å². The molecule has 0 aliphatic carbocycles. The number of rotatable bonds is 6. The van der Waals surface area contributed by atoms with Crippen LogP contribution in [0.1, 0.15) is 17.3 Å². The molecule has 0 saturated carbocycles. The molecule has 1 aromatic carbocycles. The van der Waals surface area contributed by atoms with E-state index in [-0.39, 0.29) is 28.5 Å². The van der Waals surface area contributed by atoms with E-state index in [4.69, 9.17) is 10.7 Å². The normalized spacial score (nSPS) is 12.1. The van der Waals surface area contributed by atoms with Crippen LogP contribution in [0, 0.1) is 0 Å². The molecule has 0 heterocycles. The first-order valence-corrected chi connectivity index (χ1v) is 9.82. The minimum Gasteiger partial charge on any atom is -0.351 e. The Balaban J connectivity index is 2.66. The number of sulfone groups is 1. The number of amides is 1. The Morgan fingerprint density at radius 1 is 1.15 bits per heavy atom. The van der Waals surface area contributed by atoms with E-state index in [1.807, 2.05) is 0 Å². The van der Waals surface area contributed by atoms with Crippen molar-refractivity contribution in [3.05, 3.63) is 29.8 Å². The maximum Gasteiger partial charge on any atom is 0.261 e. The Morgan fingerprint density at radius 2 is 1.70 bits per heavy atom. The SMILES string of the molecule is CCS(=O)(=O)CCNC(=O)c1ccc(S(=O)(=O)Cl)cc1. The van der Waals surface area contributed by atoms with Gasteiger partial charge in [-0.3, -0.25) is 4.79 Å². The number of halogens is 1. The Labute approximate surface area is 122 Å². The summed E-state index contributed by atoms with van der Waals surface area (Å²) in [6.45, 7) is 1.53. The fraction of sp³-hybridized carbons (Fsp3) is 0.364. The van der Waals surface area contributed by atoms with Crippen LogP contribution in [0.25, 0.3) is 0 Å². The van der Waals surface area contributed by atoms with E-state index in [1.165, 1.54) is 31.2 Å². The van der Waals surface area contributed by atoms with Gasteiger partial charge in [-0.1, -0.05) is 6.92 Å². The minimum absolute atomic E-state index is 0.00453. The van der Waals surface area contributed by atoms with Gasteiger partial charge in [-0.25, -0.2) is 16.8 Å². The third-order valence-corrected chi connectivity index (χ3v) is 5.61. The quantitative estimate of drug-likeness (QED) is 0.772. The summed E-state index contributed by atoms with van der Waals surface area (Å²) >= 11 is 0. The summed E-state index contributed by atoms with van der Waals surface area (Å²) in [4.78, 5) is 11.6. The summed E-state index contributed by atoms with van der Waals surface area (Å²) in [5.74, 6) is -0.594. The second-order valence-corrected chi connectivity index (χ2v) is 8.99. The van der Waals surface area contributed by atoms with Gasteiger partial charge in [0.1, 0.15) is 0 Å². The smallest absolute Gasteiger partial charge is 0.261 e. The lowest BCUT2D eigenvalue weighted by Crippen LogP contribution is -2.29. The topological polar surface area (TPSA) is 97.4 Å². The average Bonchev–Trinajstić information content (AvgIpc) is 2.37. The molecule has 0 bridgehead atoms. The highest BCUT2D eigenvalue weighted by atomic mass is 35.7. The molecule has 9 heteroatoms. The number of carbonyl (C=O) groups excluding carboxylic acids is 1. The van der Waals surface area contributed by atoms with Gasteiger partial charge in [-0.15, -0.1) is 0 Å². The highest BCUT2D eigenvalue weighted by molar-refractivity contribution is 8.13. The molecule has 20 heavy (non-hydrogen) atoms. The van der Waals surface area contributed by atoms with Crippen LogP contribution >= 0.6 is 10.7 Å². The second kappa shape index (κ2) is 6.55. The van der Waals surface area contributed by atoms with Gasteiger partial charge in [-0.2, -0.15) is 0 Å². The summed E-state index contributed by atoms with van der Waals surface area (Å²) in [5, 5.41) is 2.45. The third-order valence-electron chi connectivity index (χ3n) is 2.54. The zero-order chi connectivity index (χ0) is 15.4. The van der Waals surface area contributed by atoms with E-state index in [9.17, 15) is 21.6 Å². The van der Waals surface area contributed by atoms with Crippen LogP contribution in [-0.2, 0) is 18.9 Å². The lowest BCUT2D eigenvalue weighted by Gasteiger charge is -2.05. The van der Waals surface area contributed by atoms with Crippen LogP contribution < -0.4 is 5.32 Å². The summed E-state index contributed by atoms with van der Waals surface area (Å²) in [7, 11) is -1.81. The van der Waals surface area contributed by atoms with Crippen molar-refractivity contribution in [3.63, 3.8) is 0 Å². The Bertz CT molecular complexity index is 680. The van der Waals surface area contributed by atoms with Gasteiger partial charge in [0.15, 0.2) is 9.84 Å². The Morgan fingerprint density at radius 3 is 2.15 bits per heavy atom. The number of nitrogens with one attached hydrogen (secondary N) is 1. The maximum absolute atomic E-state index is 11.7. The van der Waals surface area contributed by atoms with Gasteiger partial charge in [0.25, 0.3) is 15.0 Å². The molecular formula is C11H14ClNO5S2. The first-order chi connectivity index (χ1) is 9.15. The Hall–Kier alpha value is -1.12. The van der Waals surface area contributed by atoms with Gasteiger partial charge >= 0.3 is 0 Å². The first kappa shape index (κ1) is 16.9. The fourth-order valence-electron chi connectivity index (χ4n) is 1.34. The summed E-state index contributed by atoms with van der Waals surface area (Å²) in [5.41, 5.74) is 0.225. The lowest BCUT2D eigenvalue weighted by molar-refractivity contribution is 0.0956. The van der Waals surface area contributed by atoms with E-state index in [2.05, 4.69) is 5.32 Å². The summed E-state index contributed by atoms with van der Waals surface area (Å²) < 4.78 is 44.5. The molecule has 1 amide bonds. The van der Waals surface area contributed by atoms with E-state index in [0.29, 0.717) is 0 Å². The van der Waals surface area contributed by atoms with Crippen LogP contribution in [0.4, 0.5) is 0 Å². The molecule has 0 fully saturated rings. The summed E-state index contributed by atoms with van der Waals surface area (Å²) in [6, 6.07) is 5.03. The Kier molecular flexibility index (Phi) is 5.55. The van der Waals surface area contributed by atoms with Crippen molar-refractivity contribution in [1.29, 1.82) is 0 Å². The van der Waals surface area contributed by atoms with E-state index in [0.717, 1.165) is 0 Å². The van der Waals surface area contributed by atoms with Crippen LogP contribution in [0.2, 0.25) is 0 Å². The predicted molar refractivity (Wildman–Crippen MR) is 76.1 cm³/mol. The van der Waals surface area contributed by atoms with Crippen molar-refractivity contribution in [3.8, 4) is 0 Å². The zero-order valence-electron chi connectivity index (χ0n) is 10.7. The zero-order valence-corrected chi connectivity index (χ0v) is 13.1. The molecule has 0 aromatic heterocycles. The van der Waals surface area contributed by atoms with E-state index in [1.54, 1.807) is 0 Å². The molecule has 6 nitrogen and oxygen atoms in total. The van der Waals surface area contributed by atoms with Crippen molar-refractivity contribution >= 4 is 35.5 Å². The van der Waals surface area contributed by atoms with Crippen molar-refractivity contribution in [2.24, 2.45) is 0 Å². The molecule has 0 atom stereocenters. The molecule has 1 aromatic rings. The van der Waals surface area contributed by atoms with Crippen LogP contribution in [-0.4, -0.2) is 40.8 Å². The van der Waals surface area contributed by atoms with Crippen LogP contribution in [0.15, 0.2) is 29.2 Å². The van der Waals surface area contributed by atoms with E-state index >= 15 is 0 Å². The molecule has 112 valence electrons. The lowest BCUT2D eigenvalue weighted by atomic mass is 10.2. The van der Waals surface area contributed by atoms with Gasteiger partial charge in [0, 0.05) is 28.5 Å². The second-order valence-electron chi connectivity index (χ2n) is 3.95. The number of benzene rings is 1. The third kappa shape index (κ3) is 5.10. The minimum atomic E-state index is -3.82. The van der Waals surface area contributed by atoms with Gasteiger partial charge in [0.05, 0.1) is 10.6 Å². The maximum atomic E-state index is 11.7. The standard InChI is InChI=1S/C11H14ClNO5S2/c1-2-19(15,16)8-7-13-11(14)9-3-5-10(6-4-9)20(12,17)18/h3-6H,2,7-8H2,1H3,(H,13,14). The molecule has 0 radical (unpaired) electrons. The van der Waals surface area contributed by atoms with Crippen LogP contribution in [0.5, 0.6) is 0 Å². The number of hydrogen-bond donors (Lipinski definition) is 1. The number of carbonyl (C=O) groups is 1. The van der Waals surface area contributed by atoms with E-state index < -0.39 is 24.8 Å². The fourth-order valence-corrected chi connectivity index (χ4v) is 2.81. The van der Waals surface area contributed by atoms with Crippen LogP contribution in [0.3, 0.4) is 0 Å².